The first-order chi connectivity index (χ1) is 8.54. The third-order valence-electron chi connectivity index (χ3n) is 3.02. The van der Waals surface area contributed by atoms with Gasteiger partial charge in [-0.3, -0.25) is 4.98 Å². The molecule has 0 amide bonds. The number of hydrogen-bond donors (Lipinski definition) is 0. The molecule has 1 aliphatic rings. The molecular formula is C11H14ClFN2O2S. The van der Waals surface area contributed by atoms with Crippen LogP contribution in [0.25, 0.3) is 0 Å². The van der Waals surface area contributed by atoms with E-state index in [0.29, 0.717) is 19.0 Å². The largest absolute Gasteiger partial charge is 0.260 e. The van der Waals surface area contributed by atoms with Crippen LogP contribution in [0.5, 0.6) is 0 Å². The summed E-state index contributed by atoms with van der Waals surface area (Å²) in [7, 11) is -3.66. The highest BCUT2D eigenvalue weighted by Crippen LogP contribution is 2.24. The number of hydrogen-bond acceptors (Lipinski definition) is 3. The fourth-order valence-electron chi connectivity index (χ4n) is 2.05. The first kappa shape index (κ1) is 13.7. The van der Waals surface area contributed by atoms with Gasteiger partial charge < -0.3 is 0 Å². The van der Waals surface area contributed by atoms with Crippen LogP contribution in [0.2, 0.25) is 0 Å². The number of nitrogens with zero attached hydrogens (tertiary/aromatic N) is 2. The van der Waals surface area contributed by atoms with Crippen molar-refractivity contribution in [1.29, 1.82) is 0 Å². The highest BCUT2D eigenvalue weighted by Gasteiger charge is 2.30. The van der Waals surface area contributed by atoms with E-state index >= 15 is 0 Å². The van der Waals surface area contributed by atoms with E-state index in [1.165, 1.54) is 10.5 Å². The van der Waals surface area contributed by atoms with E-state index in [9.17, 15) is 12.8 Å². The van der Waals surface area contributed by atoms with Crippen LogP contribution in [0.3, 0.4) is 0 Å². The average molecular weight is 293 g/mol. The molecule has 2 rings (SSSR count). The lowest BCUT2D eigenvalue weighted by Gasteiger charge is -2.30. The minimum Gasteiger partial charge on any atom is -0.260 e. The molecule has 7 heteroatoms. The minimum absolute atomic E-state index is 0.0993. The van der Waals surface area contributed by atoms with Crippen molar-refractivity contribution in [2.45, 2.75) is 17.7 Å². The molecule has 4 nitrogen and oxygen atoms in total. The zero-order valence-electron chi connectivity index (χ0n) is 9.72. The zero-order chi connectivity index (χ0) is 13.2. The SMILES string of the molecule is O=S(=O)(c1cncc(F)c1)N1CCCC(CCl)C1. The van der Waals surface area contributed by atoms with Gasteiger partial charge in [0, 0.05) is 25.2 Å². The lowest BCUT2D eigenvalue weighted by atomic mass is 10.0. The van der Waals surface area contributed by atoms with Gasteiger partial charge in [0.25, 0.3) is 0 Å². The maximum absolute atomic E-state index is 13.0. The van der Waals surface area contributed by atoms with Crippen molar-refractivity contribution in [2.24, 2.45) is 5.92 Å². The summed E-state index contributed by atoms with van der Waals surface area (Å²) in [5.41, 5.74) is 0. The van der Waals surface area contributed by atoms with Crippen molar-refractivity contribution in [1.82, 2.24) is 9.29 Å². The molecule has 0 spiro atoms. The topological polar surface area (TPSA) is 50.3 Å². The predicted octanol–water partition coefficient (Wildman–Crippen LogP) is 1.86. The fraction of sp³-hybridized carbons (Fsp3) is 0.545. The Balaban J connectivity index is 2.25. The second-order valence-electron chi connectivity index (χ2n) is 4.36. The van der Waals surface area contributed by atoms with Crippen LogP contribution in [0.4, 0.5) is 4.39 Å². The maximum atomic E-state index is 13.0. The number of halogens is 2. The summed E-state index contributed by atoms with van der Waals surface area (Å²) in [4.78, 5) is 3.48. The quantitative estimate of drug-likeness (QED) is 0.799. The standard InChI is InChI=1S/C11H14ClFN2O2S/c12-5-9-2-1-3-15(8-9)18(16,17)11-4-10(13)6-14-7-11/h4,6-7,9H,1-3,5,8H2. The highest BCUT2D eigenvalue weighted by atomic mass is 35.5. The Kier molecular flexibility index (Phi) is 4.19. The van der Waals surface area contributed by atoms with Crippen LogP contribution in [-0.4, -0.2) is 36.7 Å². The summed E-state index contributed by atoms with van der Waals surface area (Å²) >= 11 is 5.77. The van der Waals surface area contributed by atoms with Crippen molar-refractivity contribution >= 4 is 21.6 Å². The van der Waals surface area contributed by atoms with E-state index in [2.05, 4.69) is 4.98 Å². The van der Waals surface area contributed by atoms with Gasteiger partial charge in [-0.05, 0) is 24.8 Å². The number of aromatic nitrogens is 1. The third kappa shape index (κ3) is 2.81. The van der Waals surface area contributed by atoms with E-state index in [1.807, 2.05) is 0 Å². The van der Waals surface area contributed by atoms with Crippen LogP contribution in [0.1, 0.15) is 12.8 Å². The normalized spacial score (nSPS) is 22.0. The predicted molar refractivity (Wildman–Crippen MR) is 66.4 cm³/mol. The van der Waals surface area contributed by atoms with Gasteiger partial charge in [-0.1, -0.05) is 0 Å². The number of rotatable bonds is 3. The van der Waals surface area contributed by atoms with E-state index < -0.39 is 15.8 Å². The van der Waals surface area contributed by atoms with Crippen LogP contribution in [-0.2, 0) is 10.0 Å². The summed E-state index contributed by atoms with van der Waals surface area (Å²) in [6.45, 7) is 0.842. The molecule has 0 radical (unpaired) electrons. The van der Waals surface area contributed by atoms with E-state index in [1.54, 1.807) is 0 Å². The Hall–Kier alpha value is -0.720. The first-order valence-electron chi connectivity index (χ1n) is 5.70. The van der Waals surface area contributed by atoms with Gasteiger partial charge in [-0.15, -0.1) is 11.6 Å². The van der Waals surface area contributed by atoms with E-state index in [0.717, 1.165) is 25.1 Å². The number of alkyl halides is 1. The van der Waals surface area contributed by atoms with Crippen LogP contribution in [0, 0.1) is 11.7 Å². The molecule has 1 atom stereocenters. The van der Waals surface area contributed by atoms with Crippen molar-refractivity contribution in [3.8, 4) is 0 Å². The molecule has 1 aliphatic heterocycles. The molecule has 0 aromatic carbocycles. The lowest BCUT2D eigenvalue weighted by Crippen LogP contribution is -2.40. The minimum atomic E-state index is -3.66. The molecule has 0 N–H and O–H groups in total. The molecule has 1 aromatic heterocycles. The van der Waals surface area contributed by atoms with Crippen molar-refractivity contribution < 1.29 is 12.8 Å². The Bertz CT molecular complexity index is 524. The Morgan fingerprint density at radius 3 is 2.94 bits per heavy atom. The van der Waals surface area contributed by atoms with Crippen molar-refractivity contribution in [2.75, 3.05) is 19.0 Å². The van der Waals surface area contributed by atoms with Gasteiger partial charge in [-0.25, -0.2) is 12.8 Å². The molecule has 18 heavy (non-hydrogen) atoms. The number of piperidine rings is 1. The van der Waals surface area contributed by atoms with E-state index in [-0.39, 0.29) is 10.8 Å². The summed E-state index contributed by atoms with van der Waals surface area (Å²) in [5.74, 6) is -0.0494. The van der Waals surface area contributed by atoms with Gasteiger partial charge in [0.05, 0.1) is 6.20 Å². The van der Waals surface area contributed by atoms with Crippen LogP contribution >= 0.6 is 11.6 Å². The summed E-state index contributed by atoms with van der Waals surface area (Å²) in [6.07, 6.45) is 3.86. The average Bonchev–Trinajstić information content (AvgIpc) is 2.39. The molecule has 1 unspecified atom stereocenters. The molecule has 0 aliphatic carbocycles. The smallest absolute Gasteiger partial charge is 0.244 e. The molecule has 2 heterocycles. The molecule has 0 bridgehead atoms. The molecule has 1 saturated heterocycles. The van der Waals surface area contributed by atoms with Gasteiger partial charge in [0.1, 0.15) is 10.7 Å². The van der Waals surface area contributed by atoms with Crippen molar-refractivity contribution in [3.63, 3.8) is 0 Å². The Morgan fingerprint density at radius 2 is 2.28 bits per heavy atom. The third-order valence-corrected chi connectivity index (χ3v) is 5.28. The first-order valence-corrected chi connectivity index (χ1v) is 7.68. The second-order valence-corrected chi connectivity index (χ2v) is 6.61. The summed E-state index contributed by atoms with van der Waals surface area (Å²) in [6, 6.07) is 0.993. The van der Waals surface area contributed by atoms with Gasteiger partial charge >= 0.3 is 0 Å². The van der Waals surface area contributed by atoms with Crippen molar-refractivity contribution in [3.05, 3.63) is 24.3 Å². The summed E-state index contributed by atoms with van der Waals surface area (Å²) < 4.78 is 39.0. The highest BCUT2D eigenvalue weighted by molar-refractivity contribution is 7.89. The fourth-order valence-corrected chi connectivity index (χ4v) is 3.84. The lowest BCUT2D eigenvalue weighted by molar-refractivity contribution is 0.283. The second kappa shape index (κ2) is 5.50. The zero-order valence-corrected chi connectivity index (χ0v) is 11.3. The number of sulfonamides is 1. The Morgan fingerprint density at radius 1 is 1.50 bits per heavy atom. The van der Waals surface area contributed by atoms with Crippen LogP contribution in [0.15, 0.2) is 23.4 Å². The number of pyridine rings is 1. The Labute approximate surface area is 111 Å². The summed E-state index contributed by atoms with van der Waals surface area (Å²) in [5, 5.41) is 0. The molecule has 100 valence electrons. The monoisotopic (exact) mass is 292 g/mol. The van der Waals surface area contributed by atoms with Gasteiger partial charge in [-0.2, -0.15) is 4.31 Å². The van der Waals surface area contributed by atoms with Crippen LogP contribution < -0.4 is 0 Å². The molecule has 0 saturated carbocycles. The molecule has 1 aromatic rings. The molecule has 1 fully saturated rings. The van der Waals surface area contributed by atoms with Gasteiger partial charge in [0.15, 0.2) is 0 Å². The molecular weight excluding hydrogens is 279 g/mol. The van der Waals surface area contributed by atoms with Gasteiger partial charge in [0.2, 0.25) is 10.0 Å². The van der Waals surface area contributed by atoms with E-state index in [4.69, 9.17) is 11.6 Å². The maximum Gasteiger partial charge on any atom is 0.244 e.